The number of rotatable bonds is 7. The van der Waals surface area contributed by atoms with Gasteiger partial charge in [-0.25, -0.2) is 8.78 Å². The number of halogens is 2. The average Bonchev–Trinajstić information content (AvgIpc) is 2.37. The molecule has 1 aromatic rings. The molecule has 21 heavy (non-hydrogen) atoms. The van der Waals surface area contributed by atoms with E-state index in [1.54, 1.807) is 11.8 Å². The Morgan fingerprint density at radius 1 is 1.24 bits per heavy atom. The summed E-state index contributed by atoms with van der Waals surface area (Å²) in [6, 6.07) is 3.45. The Kier molecular flexibility index (Phi) is 6.71. The molecule has 0 radical (unpaired) electrons. The minimum Gasteiger partial charge on any atom is -0.337 e. The molecule has 6 heteroatoms. The van der Waals surface area contributed by atoms with Crippen molar-refractivity contribution in [2.75, 3.05) is 27.2 Å². The van der Waals surface area contributed by atoms with E-state index in [1.165, 1.54) is 6.07 Å². The number of benzene rings is 1. The maximum absolute atomic E-state index is 13.2. The van der Waals surface area contributed by atoms with Gasteiger partial charge in [0, 0.05) is 32.1 Å². The van der Waals surface area contributed by atoms with E-state index < -0.39 is 11.6 Å². The van der Waals surface area contributed by atoms with Crippen LogP contribution < -0.4 is 5.73 Å². The lowest BCUT2D eigenvalue weighted by molar-refractivity contribution is -0.132. The van der Waals surface area contributed by atoms with Crippen molar-refractivity contribution in [1.29, 1.82) is 0 Å². The van der Waals surface area contributed by atoms with E-state index in [4.69, 9.17) is 5.73 Å². The predicted octanol–water partition coefficient (Wildman–Crippen LogP) is 1.59. The summed E-state index contributed by atoms with van der Waals surface area (Å²) >= 11 is 0. The fourth-order valence-electron chi connectivity index (χ4n) is 1.88. The third kappa shape index (κ3) is 6.18. The molecule has 0 bridgehead atoms. The zero-order valence-electron chi connectivity index (χ0n) is 12.8. The normalized spacial score (nSPS) is 12.5. The SMILES string of the molecule is CC(N)CC(=O)N(CCN(C)C)Cc1ccc(F)c(F)c1. The fraction of sp³-hybridized carbons (Fsp3) is 0.533. The van der Waals surface area contributed by atoms with Gasteiger partial charge in [0.15, 0.2) is 11.6 Å². The minimum absolute atomic E-state index is 0.0865. The Morgan fingerprint density at radius 2 is 1.90 bits per heavy atom. The van der Waals surface area contributed by atoms with Gasteiger partial charge in [-0.2, -0.15) is 0 Å². The Labute approximate surface area is 124 Å². The Balaban J connectivity index is 2.79. The van der Waals surface area contributed by atoms with Crippen LogP contribution in [0.25, 0.3) is 0 Å². The maximum atomic E-state index is 13.2. The van der Waals surface area contributed by atoms with Gasteiger partial charge in [0.2, 0.25) is 5.91 Å². The molecule has 1 unspecified atom stereocenters. The summed E-state index contributed by atoms with van der Waals surface area (Å²) in [6.45, 7) is 3.21. The van der Waals surface area contributed by atoms with Gasteiger partial charge in [-0.05, 0) is 38.7 Å². The highest BCUT2D eigenvalue weighted by Crippen LogP contribution is 2.12. The third-order valence-corrected chi connectivity index (χ3v) is 3.02. The predicted molar refractivity (Wildman–Crippen MR) is 78.6 cm³/mol. The Bertz CT molecular complexity index is 478. The van der Waals surface area contributed by atoms with Gasteiger partial charge in [-0.15, -0.1) is 0 Å². The van der Waals surface area contributed by atoms with Gasteiger partial charge in [0.05, 0.1) is 0 Å². The molecule has 1 rings (SSSR count). The van der Waals surface area contributed by atoms with Gasteiger partial charge in [0.25, 0.3) is 0 Å². The molecule has 0 saturated carbocycles. The van der Waals surface area contributed by atoms with Crippen LogP contribution in [0.15, 0.2) is 18.2 Å². The summed E-state index contributed by atoms with van der Waals surface area (Å²) in [4.78, 5) is 15.8. The quantitative estimate of drug-likeness (QED) is 0.832. The molecule has 2 N–H and O–H groups in total. The number of nitrogens with zero attached hydrogens (tertiary/aromatic N) is 2. The molecule has 0 aliphatic rings. The van der Waals surface area contributed by atoms with Gasteiger partial charge < -0.3 is 15.5 Å². The number of hydrogen-bond acceptors (Lipinski definition) is 3. The lowest BCUT2D eigenvalue weighted by Gasteiger charge is -2.25. The number of likely N-dealkylation sites (N-methyl/N-ethyl adjacent to an activating group) is 1. The summed E-state index contributed by atoms with van der Waals surface area (Å²) in [5.74, 6) is -1.88. The highest BCUT2D eigenvalue weighted by molar-refractivity contribution is 5.76. The second kappa shape index (κ2) is 8.05. The van der Waals surface area contributed by atoms with Gasteiger partial charge in [-0.3, -0.25) is 4.79 Å². The van der Waals surface area contributed by atoms with Crippen LogP contribution in [0.1, 0.15) is 18.9 Å². The lowest BCUT2D eigenvalue weighted by Crippen LogP contribution is -2.38. The van der Waals surface area contributed by atoms with Crippen molar-refractivity contribution in [2.45, 2.75) is 25.9 Å². The van der Waals surface area contributed by atoms with Crippen LogP contribution in [0.3, 0.4) is 0 Å². The molecule has 0 fully saturated rings. The van der Waals surface area contributed by atoms with Crippen molar-refractivity contribution in [2.24, 2.45) is 5.73 Å². The number of nitrogens with two attached hydrogens (primary N) is 1. The van der Waals surface area contributed by atoms with E-state index in [2.05, 4.69) is 0 Å². The molecule has 4 nitrogen and oxygen atoms in total. The van der Waals surface area contributed by atoms with Gasteiger partial charge >= 0.3 is 0 Å². The average molecular weight is 299 g/mol. The van der Waals surface area contributed by atoms with Crippen LogP contribution in [0.4, 0.5) is 8.78 Å². The molecule has 0 aliphatic heterocycles. The van der Waals surface area contributed by atoms with E-state index in [-0.39, 0.29) is 24.9 Å². The molecule has 0 aromatic heterocycles. The third-order valence-electron chi connectivity index (χ3n) is 3.02. The van der Waals surface area contributed by atoms with E-state index in [0.717, 1.165) is 12.1 Å². The van der Waals surface area contributed by atoms with E-state index >= 15 is 0 Å². The standard InChI is InChI=1S/C15H23F2N3O/c1-11(18)8-15(21)20(7-6-19(2)3)10-12-4-5-13(16)14(17)9-12/h4-5,9,11H,6-8,10,18H2,1-3H3. The fourth-order valence-corrected chi connectivity index (χ4v) is 1.88. The van der Waals surface area contributed by atoms with E-state index in [0.29, 0.717) is 18.7 Å². The summed E-state index contributed by atoms with van der Waals surface area (Å²) in [5.41, 5.74) is 6.22. The maximum Gasteiger partial charge on any atom is 0.224 e. The summed E-state index contributed by atoms with van der Waals surface area (Å²) in [7, 11) is 3.82. The first-order chi connectivity index (χ1) is 9.79. The number of carbonyl (C=O) groups excluding carboxylic acids is 1. The van der Waals surface area contributed by atoms with Crippen molar-refractivity contribution < 1.29 is 13.6 Å². The van der Waals surface area contributed by atoms with Gasteiger partial charge in [0.1, 0.15) is 0 Å². The topological polar surface area (TPSA) is 49.6 Å². The number of hydrogen-bond donors (Lipinski definition) is 1. The highest BCUT2D eigenvalue weighted by Gasteiger charge is 2.16. The van der Waals surface area contributed by atoms with Crippen LogP contribution in [-0.4, -0.2) is 48.9 Å². The molecule has 0 saturated heterocycles. The molecule has 118 valence electrons. The summed E-state index contributed by atoms with van der Waals surface area (Å²) < 4.78 is 26.2. The van der Waals surface area contributed by atoms with E-state index in [9.17, 15) is 13.6 Å². The monoisotopic (exact) mass is 299 g/mol. The van der Waals surface area contributed by atoms with Crippen molar-refractivity contribution in [3.05, 3.63) is 35.4 Å². The van der Waals surface area contributed by atoms with Crippen molar-refractivity contribution in [1.82, 2.24) is 9.80 Å². The van der Waals surface area contributed by atoms with Crippen molar-refractivity contribution in [3.8, 4) is 0 Å². The molecule has 1 amide bonds. The van der Waals surface area contributed by atoms with Crippen molar-refractivity contribution in [3.63, 3.8) is 0 Å². The van der Waals surface area contributed by atoms with Gasteiger partial charge in [-0.1, -0.05) is 6.07 Å². The van der Waals surface area contributed by atoms with Crippen LogP contribution >= 0.6 is 0 Å². The number of carbonyl (C=O) groups is 1. The molecular formula is C15H23F2N3O. The van der Waals surface area contributed by atoms with E-state index in [1.807, 2.05) is 19.0 Å². The van der Waals surface area contributed by atoms with Crippen LogP contribution in [0.5, 0.6) is 0 Å². The second-order valence-corrected chi connectivity index (χ2v) is 5.55. The largest absolute Gasteiger partial charge is 0.337 e. The molecule has 0 heterocycles. The minimum atomic E-state index is -0.903. The first-order valence-corrected chi connectivity index (χ1v) is 6.91. The molecule has 1 aromatic carbocycles. The highest BCUT2D eigenvalue weighted by atomic mass is 19.2. The molecular weight excluding hydrogens is 276 g/mol. The molecule has 1 atom stereocenters. The van der Waals surface area contributed by atoms with Crippen molar-refractivity contribution >= 4 is 5.91 Å². The number of amides is 1. The molecule has 0 spiro atoms. The van der Waals surface area contributed by atoms with Crippen LogP contribution in [0.2, 0.25) is 0 Å². The second-order valence-electron chi connectivity index (χ2n) is 5.55. The van der Waals surface area contributed by atoms with Crippen LogP contribution in [0, 0.1) is 11.6 Å². The lowest BCUT2D eigenvalue weighted by atomic mass is 10.1. The smallest absolute Gasteiger partial charge is 0.224 e. The molecule has 0 aliphatic carbocycles. The Hall–Kier alpha value is -1.53. The Morgan fingerprint density at radius 3 is 2.43 bits per heavy atom. The first kappa shape index (κ1) is 17.5. The zero-order chi connectivity index (χ0) is 16.0. The summed E-state index contributed by atoms with van der Waals surface area (Å²) in [6.07, 6.45) is 0.233. The summed E-state index contributed by atoms with van der Waals surface area (Å²) in [5, 5.41) is 0. The van der Waals surface area contributed by atoms with Crippen LogP contribution in [-0.2, 0) is 11.3 Å². The first-order valence-electron chi connectivity index (χ1n) is 6.91. The zero-order valence-corrected chi connectivity index (χ0v) is 12.8.